The van der Waals surface area contributed by atoms with Crippen LogP contribution >= 0.6 is 0 Å². The molecule has 0 heterocycles. The summed E-state index contributed by atoms with van der Waals surface area (Å²) in [5.41, 5.74) is 0.0672. The molecule has 0 amide bonds. The molecule has 0 fully saturated rings. The van der Waals surface area contributed by atoms with Gasteiger partial charge in [-0.2, -0.15) is 0 Å². The summed E-state index contributed by atoms with van der Waals surface area (Å²) in [6.07, 6.45) is 0. The first-order chi connectivity index (χ1) is 5.89. The van der Waals surface area contributed by atoms with Crippen molar-refractivity contribution >= 4 is 8.32 Å². The third-order valence-corrected chi connectivity index (χ3v) is 7.32. The molecule has 0 aromatic heterocycles. The Labute approximate surface area is 103 Å². The topological polar surface area (TPSA) is 9.23 Å². The van der Waals surface area contributed by atoms with Gasteiger partial charge in [-0.3, -0.25) is 0 Å². The molecule has 80 valence electrons. The van der Waals surface area contributed by atoms with Crippen molar-refractivity contribution in [3.8, 4) is 0 Å². The van der Waals surface area contributed by atoms with Crippen molar-refractivity contribution in [2.24, 2.45) is 5.41 Å². The molecular formula is C11H25LiOSi. The Hall–Kier alpha value is 0.774. The normalized spacial score (nSPS) is 12.4. The Kier molecular flexibility index (Phi) is 8.73. The molecule has 0 aromatic rings. The van der Waals surface area contributed by atoms with Crippen LogP contribution in [0.1, 0.15) is 34.6 Å². The predicted octanol–water partition coefficient (Wildman–Crippen LogP) is 0.872. The van der Waals surface area contributed by atoms with Gasteiger partial charge in [0.05, 0.1) is 0 Å². The third kappa shape index (κ3) is 6.29. The first-order valence-electron chi connectivity index (χ1n) is 5.38. The van der Waals surface area contributed by atoms with Crippen molar-refractivity contribution < 1.29 is 23.3 Å². The van der Waals surface area contributed by atoms with E-state index in [9.17, 15) is 0 Å². The van der Waals surface area contributed by atoms with E-state index in [2.05, 4.69) is 41.5 Å². The first kappa shape index (κ1) is 17.2. The van der Waals surface area contributed by atoms with Gasteiger partial charge in [-0.25, -0.2) is 0 Å². The second-order valence-corrected chi connectivity index (χ2v) is 9.47. The second kappa shape index (κ2) is 7.11. The summed E-state index contributed by atoms with van der Waals surface area (Å²) in [5.74, 6) is 0. The largest absolute Gasteiger partial charge is 1.00 e. The van der Waals surface area contributed by atoms with Crippen LogP contribution in [0.2, 0.25) is 18.1 Å². The predicted molar refractivity (Wildman–Crippen MR) is 62.3 cm³/mol. The maximum atomic E-state index is 6.12. The van der Waals surface area contributed by atoms with Gasteiger partial charge in [0.25, 0.3) is 0 Å². The fourth-order valence-corrected chi connectivity index (χ4v) is 4.21. The average Bonchev–Trinajstić information content (AvgIpc) is 2.06. The summed E-state index contributed by atoms with van der Waals surface area (Å²) in [6.45, 7) is 15.9. The third-order valence-electron chi connectivity index (χ3n) is 2.70. The van der Waals surface area contributed by atoms with Gasteiger partial charge in [-0.05, 0) is 18.1 Å². The number of hydrogen-bond acceptors (Lipinski definition) is 1. The van der Waals surface area contributed by atoms with Gasteiger partial charge in [0.2, 0.25) is 0 Å². The molecule has 0 aliphatic rings. The van der Waals surface area contributed by atoms with Crippen LogP contribution < -0.4 is 18.9 Å². The minimum Gasteiger partial charge on any atom is -0.419 e. The molecule has 0 aliphatic carbocycles. The molecular weight excluding hydrogens is 183 g/mol. The van der Waals surface area contributed by atoms with Crippen molar-refractivity contribution in [2.45, 2.75) is 52.8 Å². The molecule has 0 saturated carbocycles. The van der Waals surface area contributed by atoms with E-state index >= 15 is 0 Å². The van der Waals surface area contributed by atoms with Crippen LogP contribution in [0.4, 0.5) is 0 Å². The van der Waals surface area contributed by atoms with E-state index in [1.165, 1.54) is 18.1 Å². The van der Waals surface area contributed by atoms with Crippen LogP contribution in [0.15, 0.2) is 0 Å². The second-order valence-electron chi connectivity index (χ2n) is 4.70. The average molecular weight is 208 g/mol. The van der Waals surface area contributed by atoms with Crippen LogP contribution in [0, 0.1) is 12.3 Å². The summed E-state index contributed by atoms with van der Waals surface area (Å²) in [7, 11) is -1.37. The zero-order valence-corrected chi connectivity index (χ0v) is 11.9. The molecule has 0 rings (SSSR count). The van der Waals surface area contributed by atoms with Crippen LogP contribution in [0.3, 0.4) is 0 Å². The van der Waals surface area contributed by atoms with Gasteiger partial charge in [0, 0.05) is 6.61 Å². The van der Waals surface area contributed by atoms with Crippen LogP contribution in [0.5, 0.6) is 0 Å². The van der Waals surface area contributed by atoms with Crippen LogP contribution in [0.25, 0.3) is 0 Å². The molecule has 14 heavy (non-hydrogen) atoms. The summed E-state index contributed by atoms with van der Waals surface area (Å²) in [5, 5.41) is 0. The molecule has 0 radical (unpaired) electrons. The van der Waals surface area contributed by atoms with E-state index in [0.717, 1.165) is 6.61 Å². The number of hydrogen-bond donors (Lipinski definition) is 0. The Morgan fingerprint density at radius 2 is 1.43 bits per heavy atom. The molecule has 0 spiro atoms. The Morgan fingerprint density at radius 3 is 1.64 bits per heavy atom. The fourth-order valence-electron chi connectivity index (χ4n) is 1.40. The quantitative estimate of drug-likeness (QED) is 0.465. The molecule has 0 atom stereocenters. The SMILES string of the molecule is [CH2-]C(C)(C)CO[Si](CC)(CC)CC.[Li+]. The maximum absolute atomic E-state index is 6.12. The van der Waals surface area contributed by atoms with E-state index in [-0.39, 0.29) is 24.3 Å². The summed E-state index contributed by atoms with van der Waals surface area (Å²) >= 11 is 0. The van der Waals surface area contributed by atoms with Crippen molar-refractivity contribution in [3.05, 3.63) is 6.92 Å². The summed E-state index contributed by atoms with van der Waals surface area (Å²) in [4.78, 5) is 0. The molecule has 3 heteroatoms. The standard InChI is InChI=1S/C11H25OSi.Li/c1-7-13(8-2,9-3)12-10-11(4,5)6;/h4,7-10H2,1-3,5-6H3;/q-1;+1. The van der Waals surface area contributed by atoms with Gasteiger partial charge >= 0.3 is 18.9 Å². The van der Waals surface area contributed by atoms with E-state index < -0.39 is 8.32 Å². The minimum absolute atomic E-state index is 0. The first-order valence-corrected chi connectivity index (χ1v) is 7.91. The Bertz CT molecular complexity index is 130. The fraction of sp³-hybridized carbons (Fsp3) is 0.909. The van der Waals surface area contributed by atoms with Gasteiger partial charge in [-0.1, -0.05) is 34.6 Å². The zero-order valence-electron chi connectivity index (χ0n) is 10.9. The Balaban J connectivity index is 0. The molecule has 1 nitrogen and oxygen atoms in total. The van der Waals surface area contributed by atoms with E-state index in [0.29, 0.717) is 0 Å². The molecule has 0 aromatic carbocycles. The monoisotopic (exact) mass is 208 g/mol. The van der Waals surface area contributed by atoms with Gasteiger partial charge in [-0.15, -0.1) is 5.41 Å². The molecule has 0 bridgehead atoms. The summed E-state index contributed by atoms with van der Waals surface area (Å²) in [6, 6.07) is 3.70. The van der Waals surface area contributed by atoms with Gasteiger partial charge < -0.3 is 11.3 Å². The van der Waals surface area contributed by atoms with E-state index in [1.807, 2.05) is 0 Å². The van der Waals surface area contributed by atoms with Gasteiger partial charge in [0.1, 0.15) is 0 Å². The zero-order chi connectivity index (χ0) is 10.5. The molecule has 0 saturated heterocycles. The van der Waals surface area contributed by atoms with Gasteiger partial charge in [0.15, 0.2) is 8.32 Å². The summed E-state index contributed by atoms with van der Waals surface area (Å²) < 4.78 is 6.12. The molecule has 0 aliphatic heterocycles. The Morgan fingerprint density at radius 1 is 1.07 bits per heavy atom. The van der Waals surface area contributed by atoms with E-state index in [1.54, 1.807) is 0 Å². The molecule has 0 unspecified atom stereocenters. The van der Waals surface area contributed by atoms with Crippen LogP contribution in [-0.2, 0) is 4.43 Å². The minimum atomic E-state index is -1.37. The maximum Gasteiger partial charge on any atom is 1.00 e. The smallest absolute Gasteiger partial charge is 0.419 e. The number of rotatable bonds is 6. The van der Waals surface area contributed by atoms with E-state index in [4.69, 9.17) is 4.43 Å². The van der Waals surface area contributed by atoms with Crippen molar-refractivity contribution in [1.82, 2.24) is 0 Å². The van der Waals surface area contributed by atoms with Crippen LogP contribution in [-0.4, -0.2) is 14.9 Å². The molecule has 0 N–H and O–H groups in total. The van der Waals surface area contributed by atoms with Crippen molar-refractivity contribution in [2.75, 3.05) is 6.61 Å². The van der Waals surface area contributed by atoms with Crippen molar-refractivity contribution in [1.29, 1.82) is 0 Å². The van der Waals surface area contributed by atoms with Crippen molar-refractivity contribution in [3.63, 3.8) is 0 Å².